The predicted octanol–water partition coefficient (Wildman–Crippen LogP) is 4.70. The van der Waals surface area contributed by atoms with E-state index in [-0.39, 0.29) is 0 Å². The Bertz CT molecular complexity index is 861. The molecule has 0 unspecified atom stereocenters. The molecule has 1 N–H and O–H groups in total. The number of fused-ring (bicyclic) bond motifs is 1. The summed E-state index contributed by atoms with van der Waals surface area (Å²) in [6.45, 7) is 6.80. The fraction of sp³-hybridized carbons (Fsp3) is 0.235. The highest BCUT2D eigenvalue weighted by molar-refractivity contribution is 7.71. The molecular formula is C17H18N2OS. The SMILES string of the molecule is CCOc1cccc2c1[nH]c(=S)n2-c1cc(C)ccc1C. The molecule has 3 aromatic rings. The number of aryl methyl sites for hydroxylation is 2. The summed E-state index contributed by atoms with van der Waals surface area (Å²) in [6.07, 6.45) is 0. The Morgan fingerprint density at radius 3 is 2.76 bits per heavy atom. The molecule has 0 radical (unpaired) electrons. The predicted molar refractivity (Wildman–Crippen MR) is 89.1 cm³/mol. The fourth-order valence-electron chi connectivity index (χ4n) is 2.58. The number of hydrogen-bond acceptors (Lipinski definition) is 2. The highest BCUT2D eigenvalue weighted by Crippen LogP contribution is 2.28. The second-order valence-electron chi connectivity index (χ2n) is 5.14. The lowest BCUT2D eigenvalue weighted by Gasteiger charge is -2.10. The van der Waals surface area contributed by atoms with Crippen LogP contribution < -0.4 is 4.74 Å². The van der Waals surface area contributed by atoms with Crippen LogP contribution in [0.1, 0.15) is 18.1 Å². The Hall–Kier alpha value is -2.07. The molecule has 0 aliphatic carbocycles. The first-order chi connectivity index (χ1) is 10.1. The van der Waals surface area contributed by atoms with Crippen molar-refractivity contribution in [3.05, 3.63) is 52.3 Å². The van der Waals surface area contributed by atoms with E-state index in [2.05, 4.69) is 47.7 Å². The molecule has 3 rings (SSSR count). The number of nitrogens with one attached hydrogen (secondary N) is 1. The van der Waals surface area contributed by atoms with Crippen molar-refractivity contribution < 1.29 is 4.74 Å². The van der Waals surface area contributed by atoms with E-state index in [0.29, 0.717) is 11.4 Å². The van der Waals surface area contributed by atoms with E-state index in [1.807, 2.05) is 19.1 Å². The van der Waals surface area contributed by atoms with Gasteiger partial charge in [-0.1, -0.05) is 18.2 Å². The van der Waals surface area contributed by atoms with Gasteiger partial charge in [0.2, 0.25) is 0 Å². The van der Waals surface area contributed by atoms with Gasteiger partial charge in [-0.25, -0.2) is 0 Å². The van der Waals surface area contributed by atoms with E-state index in [0.717, 1.165) is 22.5 Å². The molecule has 2 aromatic carbocycles. The first kappa shape index (κ1) is 13.9. The van der Waals surface area contributed by atoms with Gasteiger partial charge < -0.3 is 9.72 Å². The first-order valence-electron chi connectivity index (χ1n) is 7.06. The van der Waals surface area contributed by atoms with Gasteiger partial charge in [0.15, 0.2) is 4.77 Å². The molecule has 0 bridgehead atoms. The van der Waals surface area contributed by atoms with Crippen molar-refractivity contribution in [1.82, 2.24) is 9.55 Å². The number of aromatic amines is 1. The summed E-state index contributed by atoms with van der Waals surface area (Å²) < 4.78 is 8.45. The zero-order valence-corrected chi connectivity index (χ0v) is 13.3. The number of para-hydroxylation sites is 1. The van der Waals surface area contributed by atoms with Gasteiger partial charge in [0.25, 0.3) is 0 Å². The maximum atomic E-state index is 5.69. The van der Waals surface area contributed by atoms with Gasteiger partial charge in [0.05, 0.1) is 17.8 Å². The summed E-state index contributed by atoms with van der Waals surface area (Å²) in [5, 5.41) is 0. The quantitative estimate of drug-likeness (QED) is 0.710. The van der Waals surface area contributed by atoms with Gasteiger partial charge in [0.1, 0.15) is 11.3 Å². The summed E-state index contributed by atoms with van der Waals surface area (Å²) in [7, 11) is 0. The second kappa shape index (κ2) is 5.37. The monoisotopic (exact) mass is 298 g/mol. The molecule has 0 atom stereocenters. The van der Waals surface area contributed by atoms with E-state index >= 15 is 0 Å². The van der Waals surface area contributed by atoms with Crippen molar-refractivity contribution in [2.75, 3.05) is 6.61 Å². The van der Waals surface area contributed by atoms with Gasteiger partial charge in [0, 0.05) is 0 Å². The average molecular weight is 298 g/mol. The van der Waals surface area contributed by atoms with Crippen LogP contribution in [-0.4, -0.2) is 16.2 Å². The number of hydrogen-bond donors (Lipinski definition) is 1. The molecule has 21 heavy (non-hydrogen) atoms. The zero-order valence-electron chi connectivity index (χ0n) is 12.4. The Morgan fingerprint density at radius 1 is 1.19 bits per heavy atom. The van der Waals surface area contributed by atoms with Crippen molar-refractivity contribution in [3.63, 3.8) is 0 Å². The molecule has 0 aliphatic heterocycles. The third-order valence-corrected chi connectivity index (χ3v) is 3.87. The van der Waals surface area contributed by atoms with Gasteiger partial charge in [-0.2, -0.15) is 0 Å². The van der Waals surface area contributed by atoms with Gasteiger partial charge in [-0.05, 0) is 62.3 Å². The Kier molecular flexibility index (Phi) is 3.55. The molecule has 108 valence electrons. The molecule has 0 saturated carbocycles. The molecule has 3 nitrogen and oxygen atoms in total. The lowest BCUT2D eigenvalue weighted by molar-refractivity contribution is 0.343. The zero-order chi connectivity index (χ0) is 15.0. The summed E-state index contributed by atoms with van der Waals surface area (Å²) in [6, 6.07) is 12.4. The minimum Gasteiger partial charge on any atom is -0.492 e. The number of benzene rings is 2. The number of H-pyrrole nitrogens is 1. The van der Waals surface area contributed by atoms with Crippen LogP contribution in [0.3, 0.4) is 0 Å². The van der Waals surface area contributed by atoms with Crippen LogP contribution in [0, 0.1) is 18.6 Å². The molecule has 0 spiro atoms. The second-order valence-corrected chi connectivity index (χ2v) is 5.53. The maximum Gasteiger partial charge on any atom is 0.182 e. The molecule has 0 saturated heterocycles. The minimum absolute atomic E-state index is 0.633. The molecule has 1 aromatic heterocycles. The van der Waals surface area contributed by atoms with E-state index in [1.165, 1.54) is 11.1 Å². The number of ether oxygens (including phenoxy) is 1. The summed E-state index contributed by atoms with van der Waals surface area (Å²) in [4.78, 5) is 3.28. The average Bonchev–Trinajstić information content (AvgIpc) is 2.79. The van der Waals surface area contributed by atoms with Gasteiger partial charge in [-0.15, -0.1) is 0 Å². The molecule has 0 aliphatic rings. The Balaban J connectivity index is 2.33. The topological polar surface area (TPSA) is 29.9 Å². The largest absolute Gasteiger partial charge is 0.492 e. The maximum absolute atomic E-state index is 5.69. The van der Waals surface area contributed by atoms with Crippen LogP contribution in [0.15, 0.2) is 36.4 Å². The molecule has 4 heteroatoms. The van der Waals surface area contributed by atoms with Gasteiger partial charge in [-0.3, -0.25) is 4.57 Å². The third kappa shape index (κ3) is 2.36. The van der Waals surface area contributed by atoms with E-state index < -0.39 is 0 Å². The van der Waals surface area contributed by atoms with Crippen LogP contribution in [0.5, 0.6) is 5.75 Å². The standard InChI is InChI=1S/C17H18N2OS/c1-4-20-15-7-5-6-13-16(15)18-17(21)19(13)14-10-11(2)8-9-12(14)3/h5-10H,4H2,1-3H3,(H,18,21). The normalized spacial score (nSPS) is 11.0. The van der Waals surface area contributed by atoms with Crippen molar-refractivity contribution in [3.8, 4) is 11.4 Å². The number of rotatable bonds is 3. The van der Waals surface area contributed by atoms with Crippen molar-refractivity contribution in [2.45, 2.75) is 20.8 Å². The number of aromatic nitrogens is 2. The molecule has 0 fully saturated rings. The molecule has 0 amide bonds. The summed E-state index contributed by atoms with van der Waals surface area (Å²) in [5.41, 5.74) is 5.51. The van der Waals surface area contributed by atoms with Crippen LogP contribution in [-0.2, 0) is 0 Å². The minimum atomic E-state index is 0.633. The van der Waals surface area contributed by atoms with Crippen molar-refractivity contribution >= 4 is 23.3 Å². The number of imidazole rings is 1. The smallest absolute Gasteiger partial charge is 0.182 e. The van der Waals surface area contributed by atoms with Crippen LogP contribution in [0.25, 0.3) is 16.7 Å². The van der Waals surface area contributed by atoms with Crippen molar-refractivity contribution in [2.24, 2.45) is 0 Å². The van der Waals surface area contributed by atoms with E-state index in [1.54, 1.807) is 0 Å². The van der Waals surface area contributed by atoms with Crippen molar-refractivity contribution in [1.29, 1.82) is 0 Å². The Morgan fingerprint density at radius 2 is 2.00 bits per heavy atom. The molecule has 1 heterocycles. The lowest BCUT2D eigenvalue weighted by atomic mass is 10.1. The summed E-state index contributed by atoms with van der Waals surface area (Å²) in [5.74, 6) is 0.838. The lowest BCUT2D eigenvalue weighted by Crippen LogP contribution is -1.98. The fourth-order valence-corrected chi connectivity index (χ4v) is 2.88. The Labute approximate surface area is 129 Å². The van der Waals surface area contributed by atoms with E-state index in [9.17, 15) is 0 Å². The first-order valence-corrected chi connectivity index (χ1v) is 7.47. The van der Waals surface area contributed by atoms with Gasteiger partial charge >= 0.3 is 0 Å². The molecular weight excluding hydrogens is 280 g/mol. The number of nitrogens with zero attached hydrogens (tertiary/aromatic N) is 1. The van der Waals surface area contributed by atoms with Crippen LogP contribution in [0.4, 0.5) is 0 Å². The van der Waals surface area contributed by atoms with Crippen LogP contribution >= 0.6 is 12.2 Å². The highest BCUT2D eigenvalue weighted by Gasteiger charge is 2.12. The van der Waals surface area contributed by atoms with Crippen LogP contribution in [0.2, 0.25) is 0 Å². The third-order valence-electron chi connectivity index (χ3n) is 3.59. The van der Waals surface area contributed by atoms with E-state index in [4.69, 9.17) is 17.0 Å². The highest BCUT2D eigenvalue weighted by atomic mass is 32.1. The summed E-state index contributed by atoms with van der Waals surface area (Å²) >= 11 is 5.53.